The van der Waals surface area contributed by atoms with Gasteiger partial charge in [-0.25, -0.2) is 0 Å². The van der Waals surface area contributed by atoms with Crippen molar-refractivity contribution in [2.75, 3.05) is 40.9 Å². The highest BCUT2D eigenvalue weighted by Crippen LogP contribution is 2.01. The van der Waals surface area contributed by atoms with E-state index in [1.54, 1.807) is 7.11 Å². The Hall–Kier alpha value is -0.160. The number of hydrogen-bond donors (Lipinski definition) is 2. The molecular formula is C12H28N2O2. The smallest absolute Gasteiger partial charge is 0.0791 e. The van der Waals surface area contributed by atoms with Gasteiger partial charge in [0.25, 0.3) is 0 Å². The quantitative estimate of drug-likeness (QED) is 0.582. The molecule has 16 heavy (non-hydrogen) atoms. The third-order valence-electron chi connectivity index (χ3n) is 2.49. The first-order valence-corrected chi connectivity index (χ1v) is 6.15. The van der Waals surface area contributed by atoms with Gasteiger partial charge in [0.15, 0.2) is 0 Å². The molecule has 0 heterocycles. The molecule has 0 radical (unpaired) electrons. The van der Waals surface area contributed by atoms with Gasteiger partial charge in [0, 0.05) is 26.2 Å². The lowest BCUT2D eigenvalue weighted by atomic mass is 10.1. The fourth-order valence-corrected chi connectivity index (χ4v) is 1.68. The van der Waals surface area contributed by atoms with Crippen LogP contribution in [0.5, 0.6) is 0 Å². The molecule has 0 aromatic carbocycles. The number of aliphatic hydroxyl groups is 1. The van der Waals surface area contributed by atoms with E-state index < -0.39 is 0 Å². The van der Waals surface area contributed by atoms with E-state index in [2.05, 4.69) is 12.2 Å². The van der Waals surface area contributed by atoms with Gasteiger partial charge >= 0.3 is 0 Å². The molecular weight excluding hydrogens is 204 g/mol. The van der Waals surface area contributed by atoms with Gasteiger partial charge in [-0.2, -0.15) is 0 Å². The maximum atomic E-state index is 9.72. The Balaban J connectivity index is 3.72. The van der Waals surface area contributed by atoms with Crippen molar-refractivity contribution in [1.82, 2.24) is 10.2 Å². The maximum Gasteiger partial charge on any atom is 0.0791 e. The van der Waals surface area contributed by atoms with E-state index in [0.717, 1.165) is 6.42 Å². The minimum atomic E-state index is -0.309. The second-order valence-corrected chi connectivity index (χ2v) is 4.62. The normalized spacial score (nSPS) is 15.4. The lowest BCUT2D eigenvalue weighted by Gasteiger charge is -2.21. The van der Waals surface area contributed by atoms with Crippen molar-refractivity contribution in [3.63, 3.8) is 0 Å². The molecule has 98 valence electrons. The van der Waals surface area contributed by atoms with Crippen molar-refractivity contribution >= 4 is 0 Å². The number of rotatable bonds is 10. The van der Waals surface area contributed by atoms with Crippen molar-refractivity contribution in [2.45, 2.75) is 38.3 Å². The molecule has 4 heteroatoms. The van der Waals surface area contributed by atoms with E-state index >= 15 is 0 Å². The van der Waals surface area contributed by atoms with Gasteiger partial charge in [0.1, 0.15) is 0 Å². The molecule has 0 aromatic heterocycles. The molecule has 0 aromatic rings. The summed E-state index contributed by atoms with van der Waals surface area (Å²) < 4.78 is 5.16. The minimum Gasteiger partial charge on any atom is -0.390 e. The molecule has 0 aliphatic rings. The fraction of sp³-hybridized carbons (Fsp3) is 1.00. The zero-order valence-corrected chi connectivity index (χ0v) is 11.2. The molecule has 0 bridgehead atoms. The van der Waals surface area contributed by atoms with E-state index in [-0.39, 0.29) is 6.10 Å². The Labute approximate surface area is 100.0 Å². The van der Waals surface area contributed by atoms with E-state index in [0.29, 0.717) is 25.7 Å². The molecule has 0 aliphatic heterocycles. The number of unbranched alkanes of at least 4 members (excludes halogenated alkanes) is 1. The zero-order valence-electron chi connectivity index (χ0n) is 11.2. The Morgan fingerprint density at radius 3 is 2.56 bits per heavy atom. The Kier molecular flexibility index (Phi) is 9.92. The lowest BCUT2D eigenvalue weighted by Crippen LogP contribution is -2.41. The molecule has 0 saturated heterocycles. The highest BCUT2D eigenvalue weighted by Gasteiger charge is 2.10. The van der Waals surface area contributed by atoms with Crippen molar-refractivity contribution in [3.05, 3.63) is 0 Å². The monoisotopic (exact) mass is 232 g/mol. The number of hydrogen-bond acceptors (Lipinski definition) is 4. The van der Waals surface area contributed by atoms with E-state index in [9.17, 15) is 5.11 Å². The van der Waals surface area contributed by atoms with Crippen LogP contribution in [0.1, 0.15) is 26.2 Å². The third-order valence-corrected chi connectivity index (χ3v) is 2.49. The van der Waals surface area contributed by atoms with Crippen LogP contribution >= 0.6 is 0 Å². The van der Waals surface area contributed by atoms with Gasteiger partial charge in [-0.3, -0.25) is 0 Å². The molecule has 0 amide bonds. The van der Waals surface area contributed by atoms with Crippen LogP contribution in [0.2, 0.25) is 0 Å². The Morgan fingerprint density at radius 1 is 1.38 bits per heavy atom. The summed E-state index contributed by atoms with van der Waals surface area (Å²) in [6.07, 6.45) is 3.20. The molecule has 0 saturated carbocycles. The van der Waals surface area contributed by atoms with E-state index in [4.69, 9.17) is 4.74 Å². The zero-order chi connectivity index (χ0) is 12.4. The third kappa shape index (κ3) is 9.09. The maximum absolute atomic E-state index is 9.72. The fourth-order valence-electron chi connectivity index (χ4n) is 1.68. The molecule has 0 spiro atoms. The Bertz CT molecular complexity index is 154. The second kappa shape index (κ2) is 10.0. The van der Waals surface area contributed by atoms with Gasteiger partial charge in [0.2, 0.25) is 0 Å². The second-order valence-electron chi connectivity index (χ2n) is 4.62. The average Bonchev–Trinajstić information content (AvgIpc) is 2.21. The van der Waals surface area contributed by atoms with Gasteiger partial charge in [-0.15, -0.1) is 0 Å². The highest BCUT2D eigenvalue weighted by atomic mass is 16.5. The molecule has 2 atom stereocenters. The van der Waals surface area contributed by atoms with Crippen molar-refractivity contribution in [2.24, 2.45) is 0 Å². The first kappa shape index (κ1) is 15.8. The van der Waals surface area contributed by atoms with Crippen LogP contribution in [0.4, 0.5) is 0 Å². The summed E-state index contributed by atoms with van der Waals surface area (Å²) >= 11 is 0. The number of nitrogens with one attached hydrogen (secondary N) is 1. The summed E-state index contributed by atoms with van der Waals surface area (Å²) in [5.41, 5.74) is 0. The van der Waals surface area contributed by atoms with Crippen LogP contribution in [0.3, 0.4) is 0 Å². The average molecular weight is 232 g/mol. The van der Waals surface area contributed by atoms with E-state index in [1.807, 2.05) is 19.0 Å². The van der Waals surface area contributed by atoms with Crippen molar-refractivity contribution in [3.8, 4) is 0 Å². The van der Waals surface area contributed by atoms with Crippen LogP contribution in [-0.4, -0.2) is 63.1 Å². The summed E-state index contributed by atoms with van der Waals surface area (Å²) in [6.45, 7) is 4.23. The van der Waals surface area contributed by atoms with Crippen molar-refractivity contribution in [1.29, 1.82) is 0 Å². The minimum absolute atomic E-state index is 0.309. The number of methoxy groups -OCH3 is 1. The molecule has 0 fully saturated rings. The van der Waals surface area contributed by atoms with Gasteiger partial charge in [0.05, 0.1) is 12.7 Å². The molecule has 0 aliphatic carbocycles. The topological polar surface area (TPSA) is 44.7 Å². The standard InChI is InChI=1S/C12H28N2O2/c1-5-6-7-11(10-16-4)13-8-12(15)9-14(2)3/h11-13,15H,5-10H2,1-4H3. The molecule has 4 nitrogen and oxygen atoms in total. The predicted octanol–water partition coefficient (Wildman–Crippen LogP) is 0.704. The number of likely N-dealkylation sites (N-methyl/N-ethyl adjacent to an activating group) is 1. The highest BCUT2D eigenvalue weighted by molar-refractivity contribution is 4.70. The predicted molar refractivity (Wildman–Crippen MR) is 67.8 cm³/mol. The lowest BCUT2D eigenvalue weighted by molar-refractivity contribution is 0.115. The summed E-state index contributed by atoms with van der Waals surface area (Å²) in [6, 6.07) is 0.363. The SMILES string of the molecule is CCCCC(COC)NCC(O)CN(C)C. The van der Waals surface area contributed by atoms with E-state index in [1.165, 1.54) is 12.8 Å². The van der Waals surface area contributed by atoms with Crippen LogP contribution < -0.4 is 5.32 Å². The van der Waals surface area contributed by atoms with Crippen LogP contribution in [0.25, 0.3) is 0 Å². The number of nitrogens with zero attached hydrogens (tertiary/aromatic N) is 1. The van der Waals surface area contributed by atoms with Crippen LogP contribution in [0.15, 0.2) is 0 Å². The van der Waals surface area contributed by atoms with Gasteiger partial charge in [-0.1, -0.05) is 19.8 Å². The summed E-state index contributed by atoms with van der Waals surface area (Å²) in [5, 5.41) is 13.1. The summed E-state index contributed by atoms with van der Waals surface area (Å²) in [7, 11) is 5.65. The summed E-state index contributed by atoms with van der Waals surface area (Å²) in [4.78, 5) is 1.99. The largest absolute Gasteiger partial charge is 0.390 e. The van der Waals surface area contributed by atoms with Crippen molar-refractivity contribution < 1.29 is 9.84 Å². The molecule has 0 rings (SSSR count). The number of ether oxygens (including phenoxy) is 1. The summed E-state index contributed by atoms with van der Waals surface area (Å²) in [5.74, 6) is 0. The van der Waals surface area contributed by atoms with Gasteiger partial charge < -0.3 is 20.1 Å². The molecule has 2 N–H and O–H groups in total. The van der Waals surface area contributed by atoms with Crippen LogP contribution in [0, 0.1) is 0 Å². The molecule has 2 unspecified atom stereocenters. The number of aliphatic hydroxyl groups excluding tert-OH is 1. The van der Waals surface area contributed by atoms with Crippen LogP contribution in [-0.2, 0) is 4.74 Å². The first-order valence-electron chi connectivity index (χ1n) is 6.15. The Morgan fingerprint density at radius 2 is 2.06 bits per heavy atom. The van der Waals surface area contributed by atoms with Gasteiger partial charge in [-0.05, 0) is 20.5 Å². The first-order chi connectivity index (χ1) is 7.60.